The van der Waals surface area contributed by atoms with E-state index in [4.69, 9.17) is 15.5 Å². The number of thiazole rings is 1. The first-order valence-electron chi connectivity index (χ1n) is 7.26. The number of phosphoric ester groups is 1. The predicted octanol–water partition coefficient (Wildman–Crippen LogP) is 0.842. The number of nitrogens with zero attached hydrogens (tertiary/aromatic N) is 3. The number of hydrogen-bond donors (Lipinski definition) is 4. The van der Waals surface area contributed by atoms with Crippen LogP contribution in [0.4, 0.5) is 5.82 Å². The largest absolute Gasteiger partial charge is 0.481 e. The summed E-state index contributed by atoms with van der Waals surface area (Å²) in [5, 5.41) is 2.70. The van der Waals surface area contributed by atoms with E-state index in [2.05, 4.69) is 18.8 Å². The minimum Gasteiger partial charge on any atom is -0.383 e. The van der Waals surface area contributed by atoms with Gasteiger partial charge in [0, 0.05) is 13.1 Å². The van der Waals surface area contributed by atoms with Crippen molar-refractivity contribution in [2.75, 3.05) is 12.3 Å². The third-order valence-electron chi connectivity index (χ3n) is 3.22. The Morgan fingerprint density at radius 2 is 2.00 bits per heavy atom. The standard InChI is InChI=1S/C12H18N4O7P2S/c1-8-7-26-11(3-4-22-25(20,21)23-24(17,18)19)16(8)6-10-5-14-9(2)15-12(10)13/h5,7H,3-4,6H2,1-2H3,(H4-,13,14,15,17,18,19,20,21)/p+1. The smallest absolute Gasteiger partial charge is 0.383 e. The van der Waals surface area contributed by atoms with Crippen molar-refractivity contribution >= 4 is 32.8 Å². The molecule has 0 bridgehead atoms. The van der Waals surface area contributed by atoms with Crippen LogP contribution in [0.15, 0.2) is 11.6 Å². The zero-order valence-corrected chi connectivity index (χ0v) is 16.6. The molecular formula is C12H19N4O7P2S+. The fourth-order valence-corrected chi connectivity index (χ4v) is 4.65. The molecule has 0 spiro atoms. The summed E-state index contributed by atoms with van der Waals surface area (Å²) < 4.78 is 32.4. The van der Waals surface area contributed by atoms with E-state index in [1.165, 1.54) is 11.3 Å². The molecular weight excluding hydrogens is 406 g/mol. The minimum absolute atomic E-state index is 0.222. The molecule has 2 heterocycles. The molecule has 14 heteroatoms. The van der Waals surface area contributed by atoms with Gasteiger partial charge in [0.2, 0.25) is 5.01 Å². The van der Waals surface area contributed by atoms with Gasteiger partial charge in [-0.15, -0.1) is 0 Å². The van der Waals surface area contributed by atoms with Crippen LogP contribution in [-0.4, -0.2) is 31.3 Å². The molecule has 2 aromatic heterocycles. The first-order valence-corrected chi connectivity index (χ1v) is 11.2. The van der Waals surface area contributed by atoms with Crippen molar-refractivity contribution in [2.45, 2.75) is 26.8 Å². The lowest BCUT2D eigenvalue weighted by atomic mass is 10.3. The van der Waals surface area contributed by atoms with Crippen LogP contribution in [0.3, 0.4) is 0 Å². The Bertz CT molecular complexity index is 884. The summed E-state index contributed by atoms with van der Waals surface area (Å²) >= 11 is 1.40. The fraction of sp³-hybridized carbons (Fsp3) is 0.417. The van der Waals surface area contributed by atoms with E-state index in [0.717, 1.165) is 16.3 Å². The topological polar surface area (TPSA) is 169 Å². The Labute approximate surface area is 153 Å². The second kappa shape index (κ2) is 8.20. The van der Waals surface area contributed by atoms with Crippen LogP contribution in [0.5, 0.6) is 0 Å². The lowest BCUT2D eigenvalue weighted by Gasteiger charge is -2.11. The van der Waals surface area contributed by atoms with Gasteiger partial charge in [-0.05, 0) is 6.92 Å². The van der Waals surface area contributed by atoms with Crippen LogP contribution >= 0.6 is 27.0 Å². The fourth-order valence-electron chi connectivity index (χ4n) is 2.09. The molecule has 5 N–H and O–H groups in total. The number of hydrogen-bond acceptors (Lipinski definition) is 8. The van der Waals surface area contributed by atoms with Gasteiger partial charge in [-0.25, -0.2) is 19.1 Å². The minimum atomic E-state index is -5.13. The Morgan fingerprint density at radius 1 is 1.31 bits per heavy atom. The molecule has 11 nitrogen and oxygen atoms in total. The average Bonchev–Trinajstić information content (AvgIpc) is 2.80. The molecule has 0 radical (unpaired) electrons. The number of nitrogens with two attached hydrogens (primary N) is 1. The molecule has 144 valence electrons. The summed E-state index contributed by atoms with van der Waals surface area (Å²) in [6.45, 7) is 3.76. The van der Waals surface area contributed by atoms with E-state index >= 15 is 0 Å². The van der Waals surface area contributed by atoms with Crippen LogP contribution in [0, 0.1) is 13.8 Å². The molecule has 0 amide bonds. The van der Waals surface area contributed by atoms with E-state index in [-0.39, 0.29) is 13.0 Å². The van der Waals surface area contributed by atoms with Gasteiger partial charge in [-0.3, -0.25) is 4.52 Å². The van der Waals surface area contributed by atoms with Gasteiger partial charge in [0.1, 0.15) is 11.6 Å². The maximum Gasteiger partial charge on any atom is 0.481 e. The highest BCUT2D eigenvalue weighted by molar-refractivity contribution is 7.60. The molecule has 1 atom stereocenters. The van der Waals surface area contributed by atoms with Crippen molar-refractivity contribution in [1.29, 1.82) is 0 Å². The maximum atomic E-state index is 11.5. The van der Waals surface area contributed by atoms with Crippen LogP contribution < -0.4 is 10.3 Å². The number of rotatable bonds is 8. The van der Waals surface area contributed by atoms with E-state index in [1.807, 2.05) is 16.9 Å². The third-order valence-corrected chi connectivity index (χ3v) is 6.56. The van der Waals surface area contributed by atoms with Gasteiger partial charge in [0.15, 0.2) is 12.2 Å². The summed E-state index contributed by atoms with van der Waals surface area (Å²) in [5.74, 6) is 0.934. The van der Waals surface area contributed by atoms with Gasteiger partial charge in [-0.2, -0.15) is 8.88 Å². The van der Waals surface area contributed by atoms with Gasteiger partial charge >= 0.3 is 15.6 Å². The molecule has 0 saturated carbocycles. The van der Waals surface area contributed by atoms with Gasteiger partial charge in [0.25, 0.3) is 0 Å². The zero-order valence-electron chi connectivity index (χ0n) is 14.0. The third kappa shape index (κ3) is 6.19. The second-order valence-electron chi connectivity index (χ2n) is 5.31. The lowest BCUT2D eigenvalue weighted by Crippen LogP contribution is -2.39. The number of nitrogen functional groups attached to an aromatic ring is 1. The summed E-state index contributed by atoms with van der Waals surface area (Å²) in [7, 11) is -9.98. The number of aromatic nitrogens is 3. The normalized spacial score (nSPS) is 14.3. The van der Waals surface area contributed by atoms with Crippen LogP contribution in [0.25, 0.3) is 0 Å². The highest BCUT2D eigenvalue weighted by Crippen LogP contribution is 2.57. The van der Waals surface area contributed by atoms with Gasteiger partial charge in [0.05, 0.1) is 24.0 Å². The number of anilines is 1. The molecule has 2 rings (SSSR count). The molecule has 0 aliphatic heterocycles. The van der Waals surface area contributed by atoms with Crippen molar-refractivity contribution in [3.8, 4) is 0 Å². The molecule has 0 saturated heterocycles. The van der Waals surface area contributed by atoms with Crippen LogP contribution in [-0.2, 0) is 30.9 Å². The number of aryl methyl sites for hydroxylation is 2. The van der Waals surface area contributed by atoms with Crippen molar-refractivity contribution in [3.63, 3.8) is 0 Å². The van der Waals surface area contributed by atoms with E-state index in [9.17, 15) is 14.0 Å². The van der Waals surface area contributed by atoms with Crippen molar-refractivity contribution in [1.82, 2.24) is 9.97 Å². The van der Waals surface area contributed by atoms with Crippen molar-refractivity contribution in [2.24, 2.45) is 0 Å². The van der Waals surface area contributed by atoms with Crippen molar-refractivity contribution in [3.05, 3.63) is 33.7 Å². The van der Waals surface area contributed by atoms with E-state index in [0.29, 0.717) is 18.2 Å². The summed E-state index contributed by atoms with van der Waals surface area (Å²) in [6.07, 6.45) is 1.86. The lowest BCUT2D eigenvalue weighted by molar-refractivity contribution is -0.696. The van der Waals surface area contributed by atoms with Gasteiger partial charge in [-0.1, -0.05) is 11.3 Å². The predicted molar refractivity (Wildman–Crippen MR) is 92.1 cm³/mol. The van der Waals surface area contributed by atoms with Crippen LogP contribution in [0.1, 0.15) is 22.1 Å². The molecule has 26 heavy (non-hydrogen) atoms. The molecule has 0 fully saturated rings. The summed E-state index contributed by atoms with van der Waals surface area (Å²) in [4.78, 5) is 34.7. The zero-order chi connectivity index (χ0) is 19.5. The second-order valence-corrected chi connectivity index (χ2v) is 9.08. The molecule has 0 aliphatic rings. The Hall–Kier alpha value is -1.23. The summed E-state index contributed by atoms with van der Waals surface area (Å²) in [6, 6.07) is 0. The Morgan fingerprint density at radius 3 is 2.62 bits per heavy atom. The Balaban J connectivity index is 2.06. The Kier molecular flexibility index (Phi) is 6.65. The highest BCUT2D eigenvalue weighted by atomic mass is 32.1. The first kappa shape index (κ1) is 21.1. The van der Waals surface area contributed by atoms with E-state index < -0.39 is 15.6 Å². The quantitative estimate of drug-likeness (QED) is 0.351. The maximum absolute atomic E-state index is 11.5. The SMILES string of the molecule is Cc1ncc(C[n+]2c(C)csc2CCOP(=O)(O)OP(=O)(O)O)c(N)n1. The van der Waals surface area contributed by atoms with Gasteiger partial charge < -0.3 is 20.4 Å². The molecule has 1 unspecified atom stereocenters. The molecule has 0 aliphatic carbocycles. The molecule has 0 aromatic carbocycles. The summed E-state index contributed by atoms with van der Waals surface area (Å²) in [5.41, 5.74) is 7.57. The first-order chi connectivity index (χ1) is 12.0. The van der Waals surface area contributed by atoms with Crippen LogP contribution in [0.2, 0.25) is 0 Å². The van der Waals surface area contributed by atoms with E-state index in [1.54, 1.807) is 13.1 Å². The average molecular weight is 425 g/mol. The molecule has 2 aromatic rings. The number of phosphoric acid groups is 2. The van der Waals surface area contributed by atoms with Crippen molar-refractivity contribution < 1.29 is 37.2 Å². The highest BCUT2D eigenvalue weighted by Gasteiger charge is 2.32. The monoisotopic (exact) mass is 425 g/mol.